The van der Waals surface area contributed by atoms with E-state index in [0.717, 1.165) is 30.3 Å². The van der Waals surface area contributed by atoms with Gasteiger partial charge in [-0.15, -0.1) is 0 Å². The van der Waals surface area contributed by atoms with Crippen LogP contribution < -0.4 is 14.4 Å². The van der Waals surface area contributed by atoms with E-state index in [0.29, 0.717) is 9.92 Å². The second-order valence-electron chi connectivity index (χ2n) is 7.40. The fourth-order valence-corrected chi connectivity index (χ4v) is 4.51. The van der Waals surface area contributed by atoms with Crippen molar-refractivity contribution < 1.29 is 31.9 Å². The lowest BCUT2D eigenvalue weighted by Gasteiger charge is -2.26. The first-order valence-electron chi connectivity index (χ1n) is 10.1. The average Bonchev–Trinajstić information content (AvgIpc) is 2.83. The van der Waals surface area contributed by atoms with Crippen molar-refractivity contribution in [1.29, 1.82) is 0 Å². The minimum absolute atomic E-state index is 0.0422. The van der Waals surface area contributed by atoms with E-state index in [1.807, 2.05) is 5.32 Å². The smallest absolute Gasteiger partial charge is 0.339 e. The number of nitrogens with one attached hydrogen (secondary N) is 1. The number of benzene rings is 3. The van der Waals surface area contributed by atoms with Gasteiger partial charge in [0.1, 0.15) is 16.2 Å². The van der Waals surface area contributed by atoms with E-state index in [1.54, 1.807) is 0 Å². The molecule has 37 heavy (non-hydrogen) atoms. The van der Waals surface area contributed by atoms with E-state index >= 15 is 0 Å². The molecular formula is C23H13Cl2N3O8S. The summed E-state index contributed by atoms with van der Waals surface area (Å²) in [6, 6.07) is 12.4. The van der Waals surface area contributed by atoms with Gasteiger partial charge in [0.05, 0.1) is 10.6 Å². The molecule has 0 spiro atoms. The Hall–Kier alpha value is -4.26. The first-order chi connectivity index (χ1) is 17.5. The molecule has 1 saturated heterocycles. The van der Waals surface area contributed by atoms with Gasteiger partial charge in [-0.1, -0.05) is 23.2 Å². The Bertz CT molecular complexity index is 1590. The Morgan fingerprint density at radius 2 is 1.54 bits per heavy atom. The van der Waals surface area contributed by atoms with Crippen LogP contribution in [-0.2, 0) is 19.7 Å². The summed E-state index contributed by atoms with van der Waals surface area (Å²) >= 11 is 11.8. The van der Waals surface area contributed by atoms with Gasteiger partial charge in [-0.2, -0.15) is 8.42 Å². The Labute approximate surface area is 219 Å². The van der Waals surface area contributed by atoms with Crippen molar-refractivity contribution in [3.05, 3.63) is 98.0 Å². The summed E-state index contributed by atoms with van der Waals surface area (Å²) in [6.45, 7) is 0. The third-order valence-electron chi connectivity index (χ3n) is 4.99. The van der Waals surface area contributed by atoms with Gasteiger partial charge < -0.3 is 4.18 Å². The van der Waals surface area contributed by atoms with Crippen LogP contribution in [0.15, 0.2) is 77.2 Å². The summed E-state index contributed by atoms with van der Waals surface area (Å²) in [7, 11) is -4.34. The van der Waals surface area contributed by atoms with Crippen molar-refractivity contribution in [2.45, 2.75) is 4.90 Å². The summed E-state index contributed by atoms with van der Waals surface area (Å²) in [5.41, 5.74) is -0.919. The number of anilines is 1. The van der Waals surface area contributed by atoms with E-state index in [4.69, 9.17) is 27.4 Å². The van der Waals surface area contributed by atoms with Gasteiger partial charge in [-0.05, 0) is 60.7 Å². The highest BCUT2D eigenvalue weighted by Crippen LogP contribution is 2.30. The highest BCUT2D eigenvalue weighted by atomic mass is 35.5. The van der Waals surface area contributed by atoms with Crippen LogP contribution in [0.2, 0.25) is 10.0 Å². The number of non-ortho nitro benzene ring substituents is 1. The maximum absolute atomic E-state index is 13.1. The predicted octanol–water partition coefficient (Wildman–Crippen LogP) is 4.34. The number of halogens is 2. The van der Waals surface area contributed by atoms with E-state index in [2.05, 4.69) is 0 Å². The fourth-order valence-electron chi connectivity index (χ4n) is 3.25. The number of amides is 4. The molecule has 1 fully saturated rings. The SMILES string of the molecule is O=C1NC(=O)N(c2ccc([N+](=O)[O-])cc2)C(=O)/C1=C/c1cc(Cl)ccc1OS(=O)(=O)c1ccc(Cl)cc1. The van der Waals surface area contributed by atoms with Crippen molar-refractivity contribution >= 4 is 68.6 Å². The van der Waals surface area contributed by atoms with Gasteiger partial charge in [0.15, 0.2) is 0 Å². The third kappa shape index (κ3) is 5.45. The number of hydrogen-bond acceptors (Lipinski definition) is 8. The summed E-state index contributed by atoms with van der Waals surface area (Å²) in [6.07, 6.45) is 1.01. The minimum atomic E-state index is -4.34. The quantitative estimate of drug-likeness (QED) is 0.153. The topological polar surface area (TPSA) is 153 Å². The van der Waals surface area contributed by atoms with Crippen LogP contribution in [0.3, 0.4) is 0 Å². The maximum atomic E-state index is 13.1. The summed E-state index contributed by atoms with van der Waals surface area (Å²) in [5, 5.41) is 13.3. The summed E-state index contributed by atoms with van der Waals surface area (Å²) in [5.74, 6) is -2.38. The molecule has 0 atom stereocenters. The van der Waals surface area contributed by atoms with E-state index in [9.17, 15) is 32.9 Å². The van der Waals surface area contributed by atoms with Crippen LogP contribution in [0.5, 0.6) is 5.75 Å². The molecule has 1 aliphatic heterocycles. The van der Waals surface area contributed by atoms with Crippen LogP contribution in [0, 0.1) is 10.1 Å². The molecule has 188 valence electrons. The Balaban J connectivity index is 1.72. The van der Waals surface area contributed by atoms with Gasteiger partial charge >= 0.3 is 16.1 Å². The second-order valence-corrected chi connectivity index (χ2v) is 9.82. The monoisotopic (exact) mass is 561 g/mol. The molecule has 0 saturated carbocycles. The van der Waals surface area contributed by atoms with Crippen LogP contribution in [-0.4, -0.2) is 31.2 Å². The normalized spacial score (nSPS) is 15.0. The molecular weight excluding hydrogens is 549 g/mol. The number of urea groups is 1. The van der Waals surface area contributed by atoms with Crippen molar-refractivity contribution in [1.82, 2.24) is 5.32 Å². The van der Waals surface area contributed by atoms with Crippen molar-refractivity contribution in [3.8, 4) is 5.75 Å². The molecule has 0 aliphatic carbocycles. The van der Waals surface area contributed by atoms with Gasteiger partial charge in [0, 0.05) is 27.7 Å². The molecule has 3 aromatic rings. The molecule has 1 heterocycles. The largest absolute Gasteiger partial charge is 0.378 e. The molecule has 1 N–H and O–H groups in total. The van der Waals surface area contributed by atoms with Crippen molar-refractivity contribution in [2.24, 2.45) is 0 Å². The number of nitrogens with zero attached hydrogens (tertiary/aromatic N) is 2. The Kier molecular flexibility index (Phi) is 6.99. The standard InChI is InChI=1S/C23H13Cl2N3O8S/c24-14-1-8-18(9-2-14)37(34,35)36-20-10-3-15(25)11-13(20)12-19-21(29)26-23(31)27(22(19)30)16-4-6-17(7-5-16)28(32)33/h1-12H,(H,26,29,31)/b19-12+. The molecule has 0 unspecified atom stereocenters. The van der Waals surface area contributed by atoms with Crippen LogP contribution in [0.25, 0.3) is 6.08 Å². The number of barbiturate groups is 1. The van der Waals surface area contributed by atoms with Crippen LogP contribution in [0.1, 0.15) is 5.56 Å². The van der Waals surface area contributed by atoms with E-state index in [1.165, 1.54) is 42.5 Å². The highest BCUT2D eigenvalue weighted by Gasteiger charge is 2.37. The number of nitro groups is 1. The summed E-state index contributed by atoms with van der Waals surface area (Å²) < 4.78 is 30.8. The molecule has 14 heteroatoms. The zero-order chi connectivity index (χ0) is 26.9. The molecule has 4 amide bonds. The van der Waals surface area contributed by atoms with Crippen molar-refractivity contribution in [3.63, 3.8) is 0 Å². The fraction of sp³-hybridized carbons (Fsp3) is 0. The third-order valence-corrected chi connectivity index (χ3v) is 6.73. The molecule has 0 aromatic heterocycles. The number of carbonyl (C=O) groups is 3. The zero-order valence-corrected chi connectivity index (χ0v) is 20.6. The molecule has 11 nitrogen and oxygen atoms in total. The first-order valence-corrected chi connectivity index (χ1v) is 12.3. The van der Waals surface area contributed by atoms with Crippen molar-refractivity contribution in [2.75, 3.05) is 4.90 Å². The maximum Gasteiger partial charge on any atom is 0.339 e. The summed E-state index contributed by atoms with van der Waals surface area (Å²) in [4.78, 5) is 48.7. The van der Waals surface area contributed by atoms with E-state index in [-0.39, 0.29) is 32.6 Å². The van der Waals surface area contributed by atoms with Crippen LogP contribution >= 0.6 is 23.2 Å². The first kappa shape index (κ1) is 25.8. The molecule has 4 rings (SSSR count). The minimum Gasteiger partial charge on any atom is -0.378 e. The number of carbonyl (C=O) groups excluding carboxylic acids is 3. The second kappa shape index (κ2) is 10.0. The molecule has 0 radical (unpaired) electrons. The highest BCUT2D eigenvalue weighted by molar-refractivity contribution is 7.87. The average molecular weight is 562 g/mol. The lowest BCUT2D eigenvalue weighted by Crippen LogP contribution is -2.54. The van der Waals surface area contributed by atoms with E-state index < -0.39 is 38.5 Å². The lowest BCUT2D eigenvalue weighted by atomic mass is 10.1. The predicted molar refractivity (Wildman–Crippen MR) is 133 cm³/mol. The van der Waals surface area contributed by atoms with Gasteiger partial charge in [0.2, 0.25) is 0 Å². The van der Waals surface area contributed by atoms with Gasteiger partial charge in [-0.25, -0.2) is 9.69 Å². The lowest BCUT2D eigenvalue weighted by molar-refractivity contribution is -0.384. The van der Waals surface area contributed by atoms with Gasteiger partial charge in [0.25, 0.3) is 17.5 Å². The molecule has 3 aromatic carbocycles. The van der Waals surface area contributed by atoms with Crippen LogP contribution in [0.4, 0.5) is 16.2 Å². The number of rotatable bonds is 6. The Morgan fingerprint density at radius 3 is 2.16 bits per heavy atom. The Morgan fingerprint density at radius 1 is 0.919 bits per heavy atom. The number of hydrogen-bond donors (Lipinski definition) is 1. The molecule has 0 bridgehead atoms. The number of nitro benzene ring substituents is 1. The number of imide groups is 2. The zero-order valence-electron chi connectivity index (χ0n) is 18.3. The molecule has 1 aliphatic rings. The van der Waals surface area contributed by atoms with Gasteiger partial charge in [-0.3, -0.25) is 25.0 Å².